The second-order valence-corrected chi connectivity index (χ2v) is 8.08. The molecule has 2 aromatic rings. The highest BCUT2D eigenvalue weighted by atomic mass is 32.2. The van der Waals surface area contributed by atoms with E-state index in [0.717, 1.165) is 23.4 Å². The van der Waals surface area contributed by atoms with Crippen LogP contribution in [-0.4, -0.2) is 23.2 Å². The smallest absolute Gasteiger partial charge is 0.310 e. The van der Waals surface area contributed by atoms with Gasteiger partial charge < -0.3 is 4.90 Å². The molecule has 0 bridgehead atoms. The van der Waals surface area contributed by atoms with Crippen LogP contribution in [-0.2, 0) is 27.4 Å². The number of amides is 1. The molecule has 4 nitrogen and oxygen atoms in total. The minimum atomic E-state index is -4.43. The lowest BCUT2D eigenvalue weighted by Gasteiger charge is -2.20. The van der Waals surface area contributed by atoms with Gasteiger partial charge in [-0.05, 0) is 49.7 Å². The first kappa shape index (κ1) is 19.6. The summed E-state index contributed by atoms with van der Waals surface area (Å²) in [6.07, 6.45) is -4.43. The molecule has 1 unspecified atom stereocenters. The monoisotopic (exact) mass is 396 g/mol. The van der Waals surface area contributed by atoms with Crippen LogP contribution < -0.4 is 9.62 Å². The van der Waals surface area contributed by atoms with E-state index in [2.05, 4.69) is 4.72 Å². The van der Waals surface area contributed by atoms with Crippen LogP contribution in [0.1, 0.15) is 25.0 Å². The predicted molar refractivity (Wildman–Crippen MR) is 97.7 cm³/mol. The van der Waals surface area contributed by atoms with Gasteiger partial charge in [-0.1, -0.05) is 18.2 Å². The van der Waals surface area contributed by atoms with Crippen LogP contribution in [0.15, 0.2) is 53.4 Å². The van der Waals surface area contributed by atoms with Crippen LogP contribution in [0.5, 0.6) is 0 Å². The SMILES string of the molecule is CC1(C)C(=O)N(CCNS(=O)c2ccc(C(F)(F)F)cc2)c2ccccc21. The number of nitrogens with one attached hydrogen (secondary N) is 1. The number of hydrogen-bond donors (Lipinski definition) is 1. The van der Waals surface area contributed by atoms with E-state index in [1.165, 1.54) is 12.1 Å². The zero-order valence-electron chi connectivity index (χ0n) is 14.8. The maximum absolute atomic E-state index is 12.7. The van der Waals surface area contributed by atoms with Crippen molar-refractivity contribution in [3.05, 3.63) is 59.7 Å². The zero-order valence-corrected chi connectivity index (χ0v) is 15.7. The number of rotatable bonds is 5. The Morgan fingerprint density at radius 1 is 1.07 bits per heavy atom. The minimum Gasteiger partial charge on any atom is -0.310 e. The summed E-state index contributed by atoms with van der Waals surface area (Å²) in [5.74, 6) is -0.0363. The molecule has 0 spiro atoms. The Morgan fingerprint density at radius 2 is 1.70 bits per heavy atom. The summed E-state index contributed by atoms with van der Waals surface area (Å²) in [6.45, 7) is 4.28. The molecule has 1 aliphatic heterocycles. The Labute approximate surface area is 158 Å². The molecule has 0 radical (unpaired) electrons. The maximum Gasteiger partial charge on any atom is 0.416 e. The number of carbonyl (C=O) groups is 1. The van der Waals surface area contributed by atoms with Gasteiger partial charge in [0.2, 0.25) is 5.91 Å². The van der Waals surface area contributed by atoms with Gasteiger partial charge in [0.05, 0.1) is 15.9 Å². The van der Waals surface area contributed by atoms with Gasteiger partial charge in [-0.15, -0.1) is 0 Å². The van der Waals surface area contributed by atoms with E-state index in [0.29, 0.717) is 6.54 Å². The maximum atomic E-state index is 12.7. The topological polar surface area (TPSA) is 49.4 Å². The van der Waals surface area contributed by atoms with Crippen molar-refractivity contribution in [3.63, 3.8) is 0 Å². The molecule has 144 valence electrons. The Balaban J connectivity index is 1.63. The van der Waals surface area contributed by atoms with E-state index in [1.54, 1.807) is 4.90 Å². The van der Waals surface area contributed by atoms with Crippen molar-refractivity contribution in [1.29, 1.82) is 0 Å². The van der Waals surface area contributed by atoms with E-state index >= 15 is 0 Å². The van der Waals surface area contributed by atoms with E-state index in [4.69, 9.17) is 0 Å². The molecule has 2 aromatic carbocycles. The first-order chi connectivity index (χ1) is 12.6. The van der Waals surface area contributed by atoms with Crippen LogP contribution in [0.25, 0.3) is 0 Å². The average molecular weight is 396 g/mol. The second kappa shape index (κ2) is 7.09. The highest BCUT2D eigenvalue weighted by molar-refractivity contribution is 7.83. The largest absolute Gasteiger partial charge is 0.416 e. The highest BCUT2D eigenvalue weighted by Gasteiger charge is 2.43. The molecule has 1 heterocycles. The summed E-state index contributed by atoms with van der Waals surface area (Å²) in [5.41, 5.74) is 0.363. The number of benzene rings is 2. The standard InChI is InChI=1S/C19H19F3N2O2S/c1-18(2)15-5-3-4-6-16(15)24(17(18)25)12-11-23-27(26)14-9-7-13(8-10-14)19(20,21)22/h3-10,23H,11-12H2,1-2H3. The molecular weight excluding hydrogens is 377 g/mol. The molecule has 0 aromatic heterocycles. The predicted octanol–water partition coefficient (Wildman–Crippen LogP) is 3.64. The first-order valence-electron chi connectivity index (χ1n) is 8.36. The molecule has 1 atom stereocenters. The number of halogens is 3. The molecule has 27 heavy (non-hydrogen) atoms. The van der Waals surface area contributed by atoms with Crippen LogP contribution in [0.2, 0.25) is 0 Å². The number of nitrogens with zero attached hydrogens (tertiary/aromatic N) is 1. The summed E-state index contributed by atoms with van der Waals surface area (Å²) in [5, 5.41) is 0. The lowest BCUT2D eigenvalue weighted by Crippen LogP contribution is -2.40. The Kier molecular flexibility index (Phi) is 5.14. The van der Waals surface area contributed by atoms with Gasteiger partial charge in [0.15, 0.2) is 0 Å². The average Bonchev–Trinajstić information content (AvgIpc) is 2.82. The van der Waals surface area contributed by atoms with Crippen LogP contribution >= 0.6 is 0 Å². The van der Waals surface area contributed by atoms with Crippen molar-refractivity contribution in [1.82, 2.24) is 4.72 Å². The molecule has 1 N–H and O–H groups in total. The van der Waals surface area contributed by atoms with Crippen LogP contribution in [0.4, 0.5) is 18.9 Å². The number of fused-ring (bicyclic) bond motifs is 1. The summed E-state index contributed by atoms with van der Waals surface area (Å²) in [7, 11) is -1.66. The second-order valence-electron chi connectivity index (χ2n) is 6.78. The summed E-state index contributed by atoms with van der Waals surface area (Å²) in [4.78, 5) is 14.6. The molecular formula is C19H19F3N2O2S. The third-order valence-corrected chi connectivity index (χ3v) is 5.78. The number of hydrogen-bond acceptors (Lipinski definition) is 2. The fourth-order valence-electron chi connectivity index (χ4n) is 3.12. The van der Waals surface area contributed by atoms with Gasteiger partial charge in [-0.2, -0.15) is 13.2 Å². The van der Waals surface area contributed by atoms with Crippen LogP contribution in [0, 0.1) is 0 Å². The lowest BCUT2D eigenvalue weighted by molar-refractivity contribution is -0.137. The number of carbonyl (C=O) groups excluding carboxylic acids is 1. The normalized spacial score (nSPS) is 17.1. The first-order valence-corrected chi connectivity index (χ1v) is 9.51. The molecule has 0 fully saturated rings. The van der Waals surface area contributed by atoms with E-state index < -0.39 is 28.1 Å². The van der Waals surface area contributed by atoms with Crippen molar-refractivity contribution >= 4 is 22.6 Å². The van der Waals surface area contributed by atoms with Gasteiger partial charge in [0.25, 0.3) is 0 Å². The Bertz CT molecular complexity index is 879. The molecule has 0 saturated heterocycles. The molecule has 8 heteroatoms. The van der Waals surface area contributed by atoms with Gasteiger partial charge in [0.1, 0.15) is 11.0 Å². The van der Waals surface area contributed by atoms with Gasteiger partial charge in [-0.3, -0.25) is 4.79 Å². The fourth-order valence-corrected chi connectivity index (χ4v) is 3.95. The van der Waals surface area contributed by atoms with Crippen molar-refractivity contribution in [2.75, 3.05) is 18.0 Å². The number of alkyl halides is 3. The van der Waals surface area contributed by atoms with Gasteiger partial charge >= 0.3 is 6.18 Å². The molecule has 0 aliphatic carbocycles. The number of anilines is 1. The summed E-state index contributed by atoms with van der Waals surface area (Å²) in [6, 6.07) is 11.7. The number of para-hydroxylation sites is 1. The van der Waals surface area contributed by atoms with Crippen molar-refractivity contribution in [3.8, 4) is 0 Å². The van der Waals surface area contributed by atoms with Crippen molar-refractivity contribution in [2.45, 2.75) is 30.3 Å². The van der Waals surface area contributed by atoms with Gasteiger partial charge in [-0.25, -0.2) is 8.93 Å². The fraction of sp³-hybridized carbons (Fsp3) is 0.316. The Morgan fingerprint density at radius 3 is 2.33 bits per heavy atom. The minimum absolute atomic E-state index is 0.0363. The summed E-state index contributed by atoms with van der Waals surface area (Å²) >= 11 is 0. The Hall–Kier alpha value is -2.19. The van der Waals surface area contributed by atoms with Crippen LogP contribution in [0.3, 0.4) is 0 Å². The molecule has 1 aliphatic rings. The van der Waals surface area contributed by atoms with Crippen molar-refractivity contribution < 1.29 is 22.2 Å². The summed E-state index contributed by atoms with van der Waals surface area (Å²) < 4.78 is 52.8. The quantitative estimate of drug-likeness (QED) is 0.839. The highest BCUT2D eigenvalue weighted by Crippen LogP contribution is 2.40. The van der Waals surface area contributed by atoms with E-state index in [9.17, 15) is 22.2 Å². The zero-order chi connectivity index (χ0) is 19.8. The third kappa shape index (κ3) is 3.77. The van der Waals surface area contributed by atoms with E-state index in [1.807, 2.05) is 38.1 Å². The van der Waals surface area contributed by atoms with Crippen molar-refractivity contribution in [2.24, 2.45) is 0 Å². The third-order valence-electron chi connectivity index (χ3n) is 4.61. The molecule has 0 saturated carbocycles. The van der Waals surface area contributed by atoms with E-state index in [-0.39, 0.29) is 17.3 Å². The lowest BCUT2D eigenvalue weighted by atomic mass is 9.86. The molecule has 3 rings (SSSR count). The molecule has 1 amide bonds. The van der Waals surface area contributed by atoms with Gasteiger partial charge in [0, 0.05) is 18.8 Å².